The largest absolute Gasteiger partial charge is 0.416 e. The van der Waals surface area contributed by atoms with Crippen molar-refractivity contribution in [1.82, 2.24) is 14.3 Å². The molecule has 1 aromatic carbocycles. The number of aromatic nitrogens is 2. The van der Waals surface area contributed by atoms with E-state index in [2.05, 4.69) is 14.9 Å². The predicted molar refractivity (Wildman–Crippen MR) is 111 cm³/mol. The Morgan fingerprint density at radius 2 is 1.58 bits per heavy atom. The number of piperazine rings is 1. The van der Waals surface area contributed by atoms with Gasteiger partial charge in [0.1, 0.15) is 5.82 Å². The molecule has 0 bridgehead atoms. The van der Waals surface area contributed by atoms with Crippen molar-refractivity contribution in [1.29, 1.82) is 0 Å². The third-order valence-corrected chi connectivity index (χ3v) is 7.52. The molecular weight excluding hydrogens is 431 g/mol. The summed E-state index contributed by atoms with van der Waals surface area (Å²) in [6.45, 7) is 2.98. The Balaban J connectivity index is 1.45. The molecule has 1 aromatic heterocycles. The molecule has 0 unspecified atom stereocenters. The molecule has 7 nitrogen and oxygen atoms in total. The molecule has 2 fully saturated rings. The standard InChI is InChI=1S/C20H24F3N5O2S/c21-20(22,23)16-5-4-6-17(15-16)31(29,30)28-13-11-26(12-14-28)18-7-8-24-19(25-18)27-9-2-1-3-10-27/h4-8,15H,1-3,9-14H2. The lowest BCUT2D eigenvalue weighted by molar-refractivity contribution is -0.137. The first-order valence-electron chi connectivity index (χ1n) is 10.3. The van der Waals surface area contributed by atoms with Crippen molar-refractivity contribution in [2.75, 3.05) is 49.1 Å². The van der Waals surface area contributed by atoms with Crippen molar-refractivity contribution < 1.29 is 21.6 Å². The maximum absolute atomic E-state index is 13.0. The van der Waals surface area contributed by atoms with E-state index in [4.69, 9.17) is 0 Å². The summed E-state index contributed by atoms with van der Waals surface area (Å²) in [5, 5.41) is 0. The molecule has 2 saturated heterocycles. The highest BCUT2D eigenvalue weighted by molar-refractivity contribution is 7.89. The van der Waals surface area contributed by atoms with Gasteiger partial charge in [-0.2, -0.15) is 22.5 Å². The van der Waals surface area contributed by atoms with Crippen LogP contribution in [0.2, 0.25) is 0 Å². The summed E-state index contributed by atoms with van der Waals surface area (Å²) in [6, 6.07) is 5.68. The lowest BCUT2D eigenvalue weighted by Gasteiger charge is -2.35. The van der Waals surface area contributed by atoms with Crippen molar-refractivity contribution in [2.45, 2.75) is 30.3 Å². The highest BCUT2D eigenvalue weighted by Gasteiger charge is 2.34. The number of alkyl halides is 3. The second kappa shape index (κ2) is 8.62. The molecule has 2 aliphatic rings. The number of hydrogen-bond acceptors (Lipinski definition) is 6. The Morgan fingerprint density at radius 1 is 0.871 bits per heavy atom. The molecular formula is C20H24F3N5O2S. The summed E-state index contributed by atoms with van der Waals surface area (Å²) in [7, 11) is -4.01. The van der Waals surface area contributed by atoms with Gasteiger partial charge in [-0.3, -0.25) is 0 Å². The van der Waals surface area contributed by atoms with Gasteiger partial charge >= 0.3 is 6.18 Å². The smallest absolute Gasteiger partial charge is 0.354 e. The molecule has 0 radical (unpaired) electrons. The molecule has 31 heavy (non-hydrogen) atoms. The van der Waals surface area contributed by atoms with Crippen molar-refractivity contribution in [3.8, 4) is 0 Å². The van der Waals surface area contributed by atoms with Crippen LogP contribution in [0.5, 0.6) is 0 Å². The van der Waals surface area contributed by atoms with Gasteiger partial charge < -0.3 is 9.80 Å². The van der Waals surface area contributed by atoms with Crippen LogP contribution in [-0.2, 0) is 16.2 Å². The lowest BCUT2D eigenvalue weighted by atomic mass is 10.1. The Bertz CT molecular complexity index is 1020. The van der Waals surface area contributed by atoms with E-state index in [1.54, 1.807) is 12.3 Å². The molecule has 168 valence electrons. The SMILES string of the molecule is O=S(=O)(c1cccc(C(F)(F)F)c1)N1CCN(c2ccnc(N3CCCCC3)n2)CC1. The number of anilines is 2. The van der Waals surface area contributed by atoms with E-state index in [-0.39, 0.29) is 18.0 Å². The van der Waals surface area contributed by atoms with Crippen LogP contribution >= 0.6 is 0 Å². The van der Waals surface area contributed by atoms with Crippen molar-refractivity contribution >= 4 is 21.8 Å². The fourth-order valence-electron chi connectivity index (χ4n) is 3.90. The fraction of sp³-hybridized carbons (Fsp3) is 0.500. The zero-order chi connectivity index (χ0) is 22.1. The minimum Gasteiger partial charge on any atom is -0.354 e. The number of nitrogens with zero attached hydrogens (tertiary/aromatic N) is 5. The number of hydrogen-bond donors (Lipinski definition) is 0. The Morgan fingerprint density at radius 3 is 2.26 bits per heavy atom. The van der Waals surface area contributed by atoms with E-state index in [1.165, 1.54) is 16.8 Å². The maximum Gasteiger partial charge on any atom is 0.416 e. The fourth-order valence-corrected chi connectivity index (χ4v) is 5.37. The molecule has 0 N–H and O–H groups in total. The molecule has 4 rings (SSSR count). The average Bonchev–Trinajstić information content (AvgIpc) is 2.79. The van der Waals surface area contributed by atoms with E-state index >= 15 is 0 Å². The van der Waals surface area contributed by atoms with Crippen LogP contribution in [0, 0.1) is 0 Å². The van der Waals surface area contributed by atoms with E-state index < -0.39 is 21.8 Å². The molecule has 2 aromatic rings. The summed E-state index contributed by atoms with van der Waals surface area (Å²) >= 11 is 0. The number of benzene rings is 1. The van der Waals surface area contributed by atoms with Gasteiger partial charge in [-0.15, -0.1) is 0 Å². The van der Waals surface area contributed by atoms with Gasteiger partial charge in [0.25, 0.3) is 0 Å². The van der Waals surface area contributed by atoms with Crippen LogP contribution in [0.3, 0.4) is 0 Å². The Kier molecular flexibility index (Phi) is 6.07. The minimum atomic E-state index is -4.59. The summed E-state index contributed by atoms with van der Waals surface area (Å²) in [5.41, 5.74) is -0.974. The maximum atomic E-state index is 13.0. The quantitative estimate of drug-likeness (QED) is 0.706. The molecule has 0 spiro atoms. The van der Waals surface area contributed by atoms with Crippen molar-refractivity contribution in [3.05, 3.63) is 42.1 Å². The van der Waals surface area contributed by atoms with E-state index in [1.807, 2.05) is 4.90 Å². The second-order valence-electron chi connectivity index (χ2n) is 7.68. The molecule has 11 heteroatoms. The summed E-state index contributed by atoms with van der Waals surface area (Å²) in [4.78, 5) is 12.8. The van der Waals surface area contributed by atoms with Crippen molar-refractivity contribution in [2.24, 2.45) is 0 Å². The minimum absolute atomic E-state index is 0.168. The highest BCUT2D eigenvalue weighted by Crippen LogP contribution is 2.31. The Labute approximate surface area is 179 Å². The van der Waals surface area contributed by atoms with Crippen LogP contribution < -0.4 is 9.80 Å². The van der Waals surface area contributed by atoms with Gasteiger partial charge in [0.15, 0.2) is 0 Å². The summed E-state index contributed by atoms with van der Waals surface area (Å²) in [5.74, 6) is 1.41. The van der Waals surface area contributed by atoms with Gasteiger partial charge in [0, 0.05) is 45.5 Å². The van der Waals surface area contributed by atoms with Gasteiger partial charge in [-0.25, -0.2) is 13.4 Å². The topological polar surface area (TPSA) is 69.6 Å². The third kappa shape index (κ3) is 4.77. The van der Waals surface area contributed by atoms with Crippen LogP contribution in [0.25, 0.3) is 0 Å². The lowest BCUT2D eigenvalue weighted by Crippen LogP contribution is -2.49. The molecule has 0 amide bonds. The molecule has 0 aliphatic carbocycles. The van der Waals surface area contributed by atoms with Crippen molar-refractivity contribution in [3.63, 3.8) is 0 Å². The first-order valence-corrected chi connectivity index (χ1v) is 11.7. The van der Waals surface area contributed by atoms with Gasteiger partial charge in [0.05, 0.1) is 10.5 Å². The van der Waals surface area contributed by atoms with E-state index in [9.17, 15) is 21.6 Å². The number of sulfonamides is 1. The zero-order valence-corrected chi connectivity index (χ0v) is 17.7. The highest BCUT2D eigenvalue weighted by atomic mass is 32.2. The molecule has 0 atom stereocenters. The normalized spacial score (nSPS) is 18.9. The molecule has 2 aliphatic heterocycles. The van der Waals surface area contributed by atoms with Crippen LogP contribution in [0.15, 0.2) is 41.4 Å². The number of rotatable bonds is 4. The average molecular weight is 456 g/mol. The van der Waals surface area contributed by atoms with Gasteiger partial charge in [-0.1, -0.05) is 6.07 Å². The monoisotopic (exact) mass is 455 g/mol. The van der Waals surface area contributed by atoms with Gasteiger partial charge in [-0.05, 0) is 43.5 Å². The van der Waals surface area contributed by atoms with E-state index in [0.29, 0.717) is 25.1 Å². The third-order valence-electron chi connectivity index (χ3n) is 5.63. The predicted octanol–water partition coefficient (Wildman–Crippen LogP) is 3.00. The van der Waals surface area contributed by atoms with Crippen LogP contribution in [-0.4, -0.2) is 62.0 Å². The van der Waals surface area contributed by atoms with Crippen LogP contribution in [0.1, 0.15) is 24.8 Å². The summed E-state index contributed by atoms with van der Waals surface area (Å²) < 4.78 is 65.9. The van der Waals surface area contributed by atoms with Gasteiger partial charge in [0.2, 0.25) is 16.0 Å². The molecule has 3 heterocycles. The Hall–Kier alpha value is -2.40. The number of piperidine rings is 1. The second-order valence-corrected chi connectivity index (χ2v) is 9.62. The van der Waals surface area contributed by atoms with E-state index in [0.717, 1.165) is 43.9 Å². The zero-order valence-electron chi connectivity index (χ0n) is 16.9. The van der Waals surface area contributed by atoms with Crippen LogP contribution in [0.4, 0.5) is 24.9 Å². The molecule has 0 saturated carbocycles. The first-order chi connectivity index (χ1) is 14.7. The number of halogens is 3. The summed E-state index contributed by atoms with van der Waals surface area (Å²) in [6.07, 6.45) is 0.541. The first kappa shape index (κ1) is 21.8.